The minimum atomic E-state index is -1.21. The Hall–Kier alpha value is -3.13. The number of aromatic hydroxyl groups is 1. The zero-order chi connectivity index (χ0) is 19.6. The number of aryl methyl sites for hydroxylation is 3. The topological polar surface area (TPSA) is 117 Å². The summed E-state index contributed by atoms with van der Waals surface area (Å²) in [5, 5.41) is 25.7. The fourth-order valence-electron chi connectivity index (χ4n) is 2.79. The summed E-state index contributed by atoms with van der Waals surface area (Å²) < 4.78 is 1.43. The lowest BCUT2D eigenvalue weighted by atomic mass is 10.1. The highest BCUT2D eigenvalue weighted by Gasteiger charge is 2.25. The van der Waals surface area contributed by atoms with Crippen molar-refractivity contribution in [3.63, 3.8) is 0 Å². The number of carbonyl (C=O) groups is 2. The molecule has 0 aliphatic carbocycles. The number of benzene rings is 1. The van der Waals surface area contributed by atoms with Crippen LogP contribution in [0.3, 0.4) is 0 Å². The van der Waals surface area contributed by atoms with Gasteiger partial charge < -0.3 is 15.5 Å². The van der Waals surface area contributed by atoms with Gasteiger partial charge in [0.25, 0.3) is 5.91 Å². The zero-order valence-corrected chi connectivity index (χ0v) is 15.2. The Balaban J connectivity index is 2.03. The Morgan fingerprint density at radius 2 is 1.93 bits per heavy atom. The molecule has 2 aromatic heterocycles. The van der Waals surface area contributed by atoms with E-state index in [1.165, 1.54) is 4.52 Å². The number of amides is 1. The molecule has 0 atom stereocenters. The molecule has 1 amide bonds. The second-order valence-corrected chi connectivity index (χ2v) is 6.32. The summed E-state index contributed by atoms with van der Waals surface area (Å²) in [5.41, 5.74) is 1.52. The standard InChI is InChI=1S/C18H17ClN4O4/c1-10-21-17-14(18(27)20-9-13(24)25)16(26)15(19)12(23(17)22-10)8-7-11-5-3-2-4-6-11/h2-6,26H,7-9H2,1H3,(H,20,27)(H,24,25). The molecule has 0 fully saturated rings. The molecule has 0 saturated carbocycles. The fraction of sp³-hybridized carbons (Fsp3) is 0.222. The van der Waals surface area contributed by atoms with Crippen molar-refractivity contribution in [1.29, 1.82) is 0 Å². The number of carboxylic acid groups (broad SMARTS) is 1. The molecule has 3 rings (SSSR count). The first-order valence-corrected chi connectivity index (χ1v) is 8.57. The molecule has 8 nitrogen and oxygen atoms in total. The van der Waals surface area contributed by atoms with Gasteiger partial charge in [-0.2, -0.15) is 5.10 Å². The molecule has 1 aromatic carbocycles. The van der Waals surface area contributed by atoms with E-state index in [0.29, 0.717) is 24.4 Å². The number of halogens is 1. The SMILES string of the molecule is Cc1nc2c(C(=O)NCC(=O)O)c(O)c(Cl)c(CCc3ccccc3)n2n1. The number of aliphatic carboxylic acids is 1. The average molecular weight is 389 g/mol. The molecule has 0 unspecified atom stereocenters. The normalized spacial score (nSPS) is 10.9. The monoisotopic (exact) mass is 388 g/mol. The number of nitrogens with zero attached hydrogens (tertiary/aromatic N) is 3. The summed E-state index contributed by atoms with van der Waals surface area (Å²) in [7, 11) is 0. The minimum Gasteiger partial charge on any atom is -0.505 e. The first kappa shape index (κ1) is 18.7. The van der Waals surface area contributed by atoms with E-state index in [4.69, 9.17) is 16.7 Å². The van der Waals surface area contributed by atoms with Gasteiger partial charge in [0.05, 0.1) is 5.69 Å². The van der Waals surface area contributed by atoms with Crippen molar-refractivity contribution in [3.8, 4) is 5.75 Å². The number of hydrogen-bond donors (Lipinski definition) is 3. The van der Waals surface area contributed by atoms with Crippen molar-refractivity contribution in [1.82, 2.24) is 19.9 Å². The van der Waals surface area contributed by atoms with E-state index >= 15 is 0 Å². The highest BCUT2D eigenvalue weighted by atomic mass is 35.5. The summed E-state index contributed by atoms with van der Waals surface area (Å²) in [6, 6.07) is 9.74. The number of aromatic nitrogens is 3. The number of nitrogens with one attached hydrogen (secondary N) is 1. The van der Waals surface area contributed by atoms with Gasteiger partial charge in [-0.3, -0.25) is 9.59 Å². The van der Waals surface area contributed by atoms with Crippen LogP contribution in [0.2, 0.25) is 5.02 Å². The number of hydrogen-bond acceptors (Lipinski definition) is 5. The van der Waals surface area contributed by atoms with Gasteiger partial charge in [0, 0.05) is 0 Å². The van der Waals surface area contributed by atoms with Crippen LogP contribution in [0.4, 0.5) is 0 Å². The van der Waals surface area contributed by atoms with Gasteiger partial charge in [-0.05, 0) is 25.3 Å². The Morgan fingerprint density at radius 3 is 2.59 bits per heavy atom. The van der Waals surface area contributed by atoms with E-state index in [1.54, 1.807) is 6.92 Å². The van der Waals surface area contributed by atoms with Crippen LogP contribution < -0.4 is 5.32 Å². The van der Waals surface area contributed by atoms with E-state index in [9.17, 15) is 14.7 Å². The van der Waals surface area contributed by atoms with Crippen molar-refractivity contribution in [2.45, 2.75) is 19.8 Å². The first-order valence-electron chi connectivity index (χ1n) is 8.19. The molecule has 2 heterocycles. The van der Waals surface area contributed by atoms with Gasteiger partial charge in [0.1, 0.15) is 23.0 Å². The highest BCUT2D eigenvalue weighted by molar-refractivity contribution is 6.33. The molecule has 0 aliphatic rings. The summed E-state index contributed by atoms with van der Waals surface area (Å²) in [5.74, 6) is -2.04. The average Bonchev–Trinajstić information content (AvgIpc) is 3.02. The van der Waals surface area contributed by atoms with Crippen LogP contribution >= 0.6 is 11.6 Å². The number of carbonyl (C=O) groups excluding carboxylic acids is 1. The van der Waals surface area contributed by atoms with Gasteiger partial charge in [0.15, 0.2) is 11.4 Å². The number of pyridine rings is 1. The quantitative estimate of drug-likeness (QED) is 0.594. The van der Waals surface area contributed by atoms with E-state index in [1.807, 2.05) is 30.3 Å². The minimum absolute atomic E-state index is 0.0104. The van der Waals surface area contributed by atoms with Gasteiger partial charge in [-0.15, -0.1) is 0 Å². The number of rotatable bonds is 6. The smallest absolute Gasteiger partial charge is 0.322 e. The lowest BCUT2D eigenvalue weighted by Crippen LogP contribution is -2.30. The van der Waals surface area contributed by atoms with Crippen LogP contribution in [-0.2, 0) is 17.6 Å². The maximum absolute atomic E-state index is 12.4. The molecule has 0 aliphatic heterocycles. The molecule has 140 valence electrons. The molecule has 9 heteroatoms. The molecule has 0 bridgehead atoms. The van der Waals surface area contributed by atoms with Gasteiger partial charge >= 0.3 is 5.97 Å². The molecule has 0 saturated heterocycles. The molecule has 0 radical (unpaired) electrons. The summed E-state index contributed by atoms with van der Waals surface area (Å²) in [4.78, 5) is 27.3. The van der Waals surface area contributed by atoms with E-state index in [2.05, 4.69) is 15.4 Å². The molecule has 3 aromatic rings. The maximum Gasteiger partial charge on any atom is 0.322 e. The summed E-state index contributed by atoms with van der Waals surface area (Å²) in [6.45, 7) is 1.06. The van der Waals surface area contributed by atoms with Crippen LogP contribution in [0.15, 0.2) is 30.3 Å². The van der Waals surface area contributed by atoms with Gasteiger partial charge in [-0.1, -0.05) is 41.9 Å². The predicted molar refractivity (Wildman–Crippen MR) is 98.2 cm³/mol. The van der Waals surface area contributed by atoms with E-state index in [-0.39, 0.29) is 16.2 Å². The highest BCUT2D eigenvalue weighted by Crippen LogP contribution is 2.34. The van der Waals surface area contributed by atoms with Gasteiger partial charge in [-0.25, -0.2) is 9.50 Å². The molecule has 3 N–H and O–H groups in total. The van der Waals surface area contributed by atoms with E-state index in [0.717, 1.165) is 5.56 Å². The van der Waals surface area contributed by atoms with Crippen LogP contribution in [-0.4, -0.2) is 43.2 Å². The number of fused-ring (bicyclic) bond motifs is 1. The third-order valence-corrected chi connectivity index (χ3v) is 4.41. The van der Waals surface area contributed by atoms with Crippen molar-refractivity contribution < 1.29 is 19.8 Å². The molecule has 27 heavy (non-hydrogen) atoms. The van der Waals surface area contributed by atoms with E-state index < -0.39 is 24.2 Å². The molecular weight excluding hydrogens is 372 g/mol. The maximum atomic E-state index is 12.4. The Kier molecular flexibility index (Phi) is 5.27. The Bertz CT molecular complexity index is 1020. The van der Waals surface area contributed by atoms with Gasteiger partial charge in [0.2, 0.25) is 0 Å². The third-order valence-electron chi connectivity index (χ3n) is 4.01. The van der Waals surface area contributed by atoms with Crippen molar-refractivity contribution in [2.75, 3.05) is 6.54 Å². The second kappa shape index (κ2) is 7.63. The largest absolute Gasteiger partial charge is 0.505 e. The van der Waals surface area contributed by atoms with Crippen LogP contribution in [0, 0.1) is 6.92 Å². The van der Waals surface area contributed by atoms with Crippen LogP contribution in [0.5, 0.6) is 5.75 Å². The van der Waals surface area contributed by atoms with Crippen molar-refractivity contribution in [2.24, 2.45) is 0 Å². The Morgan fingerprint density at radius 1 is 1.22 bits per heavy atom. The van der Waals surface area contributed by atoms with Crippen molar-refractivity contribution >= 4 is 29.1 Å². The fourth-order valence-corrected chi connectivity index (χ4v) is 3.06. The second-order valence-electron chi connectivity index (χ2n) is 5.94. The summed E-state index contributed by atoms with van der Waals surface area (Å²) in [6.07, 6.45) is 1.12. The number of carboxylic acids is 1. The van der Waals surface area contributed by atoms with Crippen LogP contribution in [0.25, 0.3) is 5.65 Å². The zero-order valence-electron chi connectivity index (χ0n) is 14.4. The Labute approximate surface area is 159 Å². The van der Waals surface area contributed by atoms with Crippen molar-refractivity contribution in [3.05, 3.63) is 58.0 Å². The molecule has 0 spiro atoms. The predicted octanol–water partition coefficient (Wildman–Crippen LogP) is 2.00. The summed E-state index contributed by atoms with van der Waals surface area (Å²) >= 11 is 6.32. The first-order chi connectivity index (χ1) is 12.9. The molecular formula is C18H17ClN4O4. The lowest BCUT2D eigenvalue weighted by Gasteiger charge is -2.13. The van der Waals surface area contributed by atoms with Crippen LogP contribution in [0.1, 0.15) is 27.4 Å². The lowest BCUT2D eigenvalue weighted by molar-refractivity contribution is -0.135. The third kappa shape index (κ3) is 3.85.